The van der Waals surface area contributed by atoms with Crippen molar-refractivity contribution in [3.05, 3.63) is 0 Å². The van der Waals surface area contributed by atoms with Crippen LogP contribution in [0.15, 0.2) is 0 Å². The molecule has 1 fully saturated rings. The molecule has 1 aliphatic carbocycles. The maximum atomic E-state index is 12.7. The van der Waals surface area contributed by atoms with Crippen molar-refractivity contribution in [3.63, 3.8) is 0 Å². The van der Waals surface area contributed by atoms with Gasteiger partial charge in [-0.05, 0) is 32.1 Å². The molecule has 108 valence electrons. The van der Waals surface area contributed by atoms with Crippen molar-refractivity contribution in [1.29, 1.82) is 0 Å². The van der Waals surface area contributed by atoms with Crippen LogP contribution in [-0.4, -0.2) is 16.9 Å². The first-order valence-electron chi connectivity index (χ1n) is 7.16. The monoisotopic (exact) mass is 266 g/mol. The average Bonchev–Trinajstić information content (AvgIpc) is 2.27. The molecule has 2 unspecified atom stereocenters. The number of aliphatic hydroxyl groups is 1. The van der Waals surface area contributed by atoms with E-state index in [1.807, 2.05) is 0 Å². The molecular weight excluding hydrogens is 241 g/mol. The van der Waals surface area contributed by atoms with Crippen LogP contribution in [0.5, 0.6) is 0 Å². The Balaban J connectivity index is 2.33. The fourth-order valence-corrected chi connectivity index (χ4v) is 2.90. The second-order valence-electron chi connectivity index (χ2n) is 5.72. The molecule has 1 aliphatic rings. The fraction of sp³-hybridized carbons (Fsp3) is 1.00. The minimum Gasteiger partial charge on any atom is -0.390 e. The molecule has 0 amide bonds. The van der Waals surface area contributed by atoms with Crippen molar-refractivity contribution >= 4 is 0 Å². The van der Waals surface area contributed by atoms with Gasteiger partial charge in [-0.3, -0.25) is 0 Å². The first-order chi connectivity index (χ1) is 8.37. The normalized spacial score (nSPS) is 29.5. The molecule has 2 atom stereocenters. The van der Waals surface area contributed by atoms with E-state index >= 15 is 0 Å². The van der Waals surface area contributed by atoms with Gasteiger partial charge in [-0.1, -0.05) is 39.0 Å². The highest BCUT2D eigenvalue weighted by atomic mass is 19.4. The van der Waals surface area contributed by atoms with Crippen molar-refractivity contribution in [2.75, 3.05) is 0 Å². The van der Waals surface area contributed by atoms with E-state index in [1.165, 1.54) is 6.42 Å². The lowest BCUT2D eigenvalue weighted by Gasteiger charge is -2.37. The lowest BCUT2D eigenvalue weighted by atomic mass is 9.75. The summed E-state index contributed by atoms with van der Waals surface area (Å²) < 4.78 is 38.0. The Morgan fingerprint density at radius 1 is 1.17 bits per heavy atom. The number of unbranched alkanes of at least 4 members (excludes halogenated alkanes) is 4. The second-order valence-corrected chi connectivity index (χ2v) is 5.72. The maximum Gasteiger partial charge on any atom is 0.391 e. The standard InChI is InChI=1S/C14H25F3O/c1-2-3-4-5-6-9-13(18)10-7-8-12(11-13)14(15,16)17/h12,18H,2-11H2,1H3. The van der Waals surface area contributed by atoms with Crippen LogP contribution in [0.25, 0.3) is 0 Å². The third-order valence-electron chi connectivity index (χ3n) is 4.03. The molecule has 0 heterocycles. The van der Waals surface area contributed by atoms with E-state index in [0.717, 1.165) is 25.7 Å². The van der Waals surface area contributed by atoms with Gasteiger partial charge in [-0.2, -0.15) is 13.2 Å². The molecule has 0 bridgehead atoms. The minimum absolute atomic E-state index is 0.0930. The molecule has 0 aliphatic heterocycles. The van der Waals surface area contributed by atoms with E-state index in [0.29, 0.717) is 19.3 Å². The highest BCUT2D eigenvalue weighted by Gasteiger charge is 2.46. The SMILES string of the molecule is CCCCCCCC1(O)CCCC(C(F)(F)F)C1. The van der Waals surface area contributed by atoms with E-state index in [1.54, 1.807) is 0 Å². The molecule has 0 aromatic carbocycles. The Morgan fingerprint density at radius 2 is 1.83 bits per heavy atom. The number of rotatable bonds is 6. The zero-order valence-electron chi connectivity index (χ0n) is 11.2. The summed E-state index contributed by atoms with van der Waals surface area (Å²) in [6.45, 7) is 2.13. The molecule has 0 aromatic rings. The number of hydrogen-bond acceptors (Lipinski definition) is 1. The first-order valence-corrected chi connectivity index (χ1v) is 7.16. The summed E-state index contributed by atoms with van der Waals surface area (Å²) in [7, 11) is 0. The van der Waals surface area contributed by atoms with Crippen LogP contribution in [-0.2, 0) is 0 Å². The zero-order chi connectivity index (χ0) is 13.6. The number of halogens is 3. The third kappa shape index (κ3) is 5.17. The first kappa shape index (κ1) is 15.8. The number of alkyl halides is 3. The molecule has 0 radical (unpaired) electrons. The maximum absolute atomic E-state index is 12.7. The van der Waals surface area contributed by atoms with E-state index in [-0.39, 0.29) is 12.8 Å². The van der Waals surface area contributed by atoms with Crippen LogP contribution >= 0.6 is 0 Å². The van der Waals surface area contributed by atoms with Crippen molar-refractivity contribution in [3.8, 4) is 0 Å². The van der Waals surface area contributed by atoms with E-state index in [9.17, 15) is 18.3 Å². The molecule has 4 heteroatoms. The summed E-state index contributed by atoms with van der Waals surface area (Å²) in [4.78, 5) is 0. The quantitative estimate of drug-likeness (QED) is 0.683. The topological polar surface area (TPSA) is 20.2 Å². The minimum atomic E-state index is -4.14. The Labute approximate surface area is 108 Å². The Morgan fingerprint density at radius 3 is 2.44 bits per heavy atom. The molecule has 0 spiro atoms. The summed E-state index contributed by atoms with van der Waals surface area (Å²) in [5, 5.41) is 10.3. The summed E-state index contributed by atoms with van der Waals surface area (Å²) in [6, 6.07) is 0. The molecule has 18 heavy (non-hydrogen) atoms. The van der Waals surface area contributed by atoms with Gasteiger partial charge in [0.1, 0.15) is 0 Å². The fourth-order valence-electron chi connectivity index (χ4n) is 2.90. The van der Waals surface area contributed by atoms with E-state index in [4.69, 9.17) is 0 Å². The average molecular weight is 266 g/mol. The zero-order valence-corrected chi connectivity index (χ0v) is 11.2. The Hall–Kier alpha value is -0.250. The molecule has 1 rings (SSSR count). The van der Waals surface area contributed by atoms with Gasteiger partial charge in [0.25, 0.3) is 0 Å². The molecule has 1 nitrogen and oxygen atoms in total. The Bertz CT molecular complexity index is 240. The summed E-state index contributed by atoms with van der Waals surface area (Å²) in [5.41, 5.74) is -1.06. The van der Waals surface area contributed by atoms with Crippen LogP contribution in [0.4, 0.5) is 13.2 Å². The van der Waals surface area contributed by atoms with Crippen molar-refractivity contribution < 1.29 is 18.3 Å². The highest BCUT2D eigenvalue weighted by Crippen LogP contribution is 2.43. The van der Waals surface area contributed by atoms with Crippen LogP contribution in [0.1, 0.15) is 71.1 Å². The predicted molar refractivity (Wildman–Crippen MR) is 66.3 cm³/mol. The van der Waals surface area contributed by atoms with Crippen LogP contribution in [0, 0.1) is 5.92 Å². The van der Waals surface area contributed by atoms with E-state index in [2.05, 4.69) is 6.92 Å². The molecule has 0 saturated heterocycles. The largest absolute Gasteiger partial charge is 0.391 e. The van der Waals surface area contributed by atoms with Gasteiger partial charge in [0.2, 0.25) is 0 Å². The summed E-state index contributed by atoms with van der Waals surface area (Å²) >= 11 is 0. The third-order valence-corrected chi connectivity index (χ3v) is 4.03. The second kappa shape index (κ2) is 6.78. The van der Waals surface area contributed by atoms with Crippen LogP contribution in [0.2, 0.25) is 0 Å². The van der Waals surface area contributed by atoms with Crippen molar-refractivity contribution in [1.82, 2.24) is 0 Å². The van der Waals surface area contributed by atoms with Gasteiger partial charge >= 0.3 is 6.18 Å². The molecule has 0 aromatic heterocycles. The van der Waals surface area contributed by atoms with Crippen molar-refractivity contribution in [2.24, 2.45) is 5.92 Å². The molecular formula is C14H25F3O. The summed E-state index contributed by atoms with van der Waals surface area (Å²) in [5.74, 6) is -1.30. The number of hydrogen-bond donors (Lipinski definition) is 1. The van der Waals surface area contributed by atoms with Gasteiger partial charge in [-0.15, -0.1) is 0 Å². The van der Waals surface area contributed by atoms with Gasteiger partial charge in [-0.25, -0.2) is 0 Å². The van der Waals surface area contributed by atoms with Crippen LogP contribution in [0.3, 0.4) is 0 Å². The van der Waals surface area contributed by atoms with Gasteiger partial charge in [0, 0.05) is 0 Å². The lowest BCUT2D eigenvalue weighted by molar-refractivity contribution is -0.201. The van der Waals surface area contributed by atoms with Gasteiger partial charge < -0.3 is 5.11 Å². The summed E-state index contributed by atoms with van der Waals surface area (Å²) in [6.07, 6.45) is 2.82. The molecule has 1 N–H and O–H groups in total. The highest BCUT2D eigenvalue weighted by molar-refractivity contribution is 4.88. The van der Waals surface area contributed by atoms with Gasteiger partial charge in [0.05, 0.1) is 11.5 Å². The lowest BCUT2D eigenvalue weighted by Crippen LogP contribution is -2.40. The van der Waals surface area contributed by atoms with E-state index < -0.39 is 17.7 Å². The Kier molecular flexibility index (Phi) is 5.96. The predicted octanol–water partition coefficient (Wildman–Crippen LogP) is 4.83. The van der Waals surface area contributed by atoms with Crippen LogP contribution < -0.4 is 0 Å². The smallest absolute Gasteiger partial charge is 0.390 e. The van der Waals surface area contributed by atoms with Crippen molar-refractivity contribution in [2.45, 2.75) is 82.9 Å². The van der Waals surface area contributed by atoms with Gasteiger partial charge in [0.15, 0.2) is 0 Å². The molecule has 1 saturated carbocycles.